The zero-order valence-corrected chi connectivity index (χ0v) is 12.5. The smallest absolute Gasteiger partial charge is 0.00924 e. The van der Waals surface area contributed by atoms with Gasteiger partial charge in [0.1, 0.15) is 0 Å². The lowest BCUT2D eigenvalue weighted by molar-refractivity contribution is 0.207. The molecule has 0 spiro atoms. The molecule has 0 saturated heterocycles. The van der Waals surface area contributed by atoms with E-state index in [1.165, 1.54) is 51.4 Å². The molecule has 0 aromatic heterocycles. The van der Waals surface area contributed by atoms with Crippen LogP contribution in [0.2, 0.25) is 0 Å². The minimum absolute atomic E-state index is 0.778. The molecule has 1 heteroatoms. The third-order valence-corrected chi connectivity index (χ3v) is 4.58. The molecule has 0 aromatic rings. The Balaban J connectivity index is 2.29. The van der Waals surface area contributed by atoms with Crippen molar-refractivity contribution in [3.8, 4) is 0 Å². The molecule has 1 aliphatic carbocycles. The second-order valence-corrected chi connectivity index (χ2v) is 6.44. The first-order valence-electron chi connectivity index (χ1n) is 7.84. The average molecular weight is 239 g/mol. The van der Waals surface area contributed by atoms with Gasteiger partial charge in [-0.1, -0.05) is 46.5 Å². The molecule has 0 aliphatic heterocycles. The van der Waals surface area contributed by atoms with Crippen molar-refractivity contribution < 1.29 is 0 Å². The second-order valence-electron chi connectivity index (χ2n) is 6.44. The largest absolute Gasteiger partial charge is 0.317 e. The van der Waals surface area contributed by atoms with Gasteiger partial charge in [0.2, 0.25) is 0 Å². The fraction of sp³-hybridized carbons (Fsp3) is 1.00. The van der Waals surface area contributed by atoms with Crippen LogP contribution in [0.25, 0.3) is 0 Å². The molecule has 0 bridgehead atoms. The summed E-state index contributed by atoms with van der Waals surface area (Å²) in [5, 5.41) is 3.57. The third-order valence-electron chi connectivity index (χ3n) is 4.58. The quantitative estimate of drug-likeness (QED) is 0.683. The molecule has 17 heavy (non-hydrogen) atoms. The molecule has 0 amide bonds. The molecular weight excluding hydrogens is 206 g/mol. The molecule has 1 nitrogen and oxygen atoms in total. The lowest BCUT2D eigenvalue weighted by Gasteiger charge is -2.34. The van der Waals surface area contributed by atoms with Crippen LogP contribution in [-0.2, 0) is 0 Å². The van der Waals surface area contributed by atoms with Crippen LogP contribution >= 0.6 is 0 Å². The fourth-order valence-corrected chi connectivity index (χ4v) is 3.42. The van der Waals surface area contributed by atoms with Crippen molar-refractivity contribution in [1.82, 2.24) is 5.32 Å². The van der Waals surface area contributed by atoms with Gasteiger partial charge in [0.05, 0.1) is 0 Å². The molecule has 1 fully saturated rings. The predicted octanol–water partition coefficient (Wildman–Crippen LogP) is 4.62. The third kappa shape index (κ3) is 5.42. The van der Waals surface area contributed by atoms with Crippen molar-refractivity contribution in [3.63, 3.8) is 0 Å². The highest BCUT2D eigenvalue weighted by Gasteiger charge is 2.26. The summed E-state index contributed by atoms with van der Waals surface area (Å²) in [6, 6.07) is 0.778. The van der Waals surface area contributed by atoms with Crippen molar-refractivity contribution in [3.05, 3.63) is 0 Å². The zero-order valence-electron chi connectivity index (χ0n) is 12.5. The van der Waals surface area contributed by atoms with Gasteiger partial charge in [-0.3, -0.25) is 0 Å². The van der Waals surface area contributed by atoms with Crippen LogP contribution in [-0.4, -0.2) is 13.1 Å². The van der Waals surface area contributed by atoms with Gasteiger partial charge in [0, 0.05) is 6.04 Å². The Morgan fingerprint density at radius 2 is 1.71 bits per heavy atom. The summed E-state index contributed by atoms with van der Waals surface area (Å²) in [6.07, 6.45) is 11.5. The van der Waals surface area contributed by atoms with Crippen molar-refractivity contribution in [2.24, 2.45) is 17.8 Å². The first kappa shape index (κ1) is 15.0. The van der Waals surface area contributed by atoms with Gasteiger partial charge in [-0.15, -0.1) is 0 Å². The summed E-state index contributed by atoms with van der Waals surface area (Å²) in [5.41, 5.74) is 0. The molecule has 102 valence electrons. The first-order chi connectivity index (χ1) is 8.17. The molecule has 0 radical (unpaired) electrons. The maximum atomic E-state index is 3.57. The van der Waals surface area contributed by atoms with E-state index in [4.69, 9.17) is 0 Å². The van der Waals surface area contributed by atoms with E-state index in [2.05, 4.69) is 33.1 Å². The predicted molar refractivity (Wildman–Crippen MR) is 77.3 cm³/mol. The van der Waals surface area contributed by atoms with Gasteiger partial charge in [-0.05, 0) is 50.5 Å². The summed E-state index contributed by atoms with van der Waals surface area (Å²) in [4.78, 5) is 0. The lowest BCUT2D eigenvalue weighted by atomic mass is 9.76. The molecule has 0 aromatic carbocycles. The highest BCUT2D eigenvalue weighted by atomic mass is 14.9. The van der Waals surface area contributed by atoms with Crippen LogP contribution in [0.5, 0.6) is 0 Å². The maximum Gasteiger partial charge on any atom is 0.00924 e. The van der Waals surface area contributed by atoms with Crippen LogP contribution < -0.4 is 5.32 Å². The number of nitrogens with one attached hydrogen (secondary N) is 1. The molecule has 1 N–H and O–H groups in total. The molecule has 1 rings (SSSR count). The SMILES string of the molecule is CCCC1CCC(C(CCC(C)C)NC)CC1. The van der Waals surface area contributed by atoms with Gasteiger partial charge >= 0.3 is 0 Å². The minimum atomic E-state index is 0.778. The van der Waals surface area contributed by atoms with Crippen LogP contribution in [0, 0.1) is 17.8 Å². The number of rotatable bonds is 7. The highest BCUT2D eigenvalue weighted by Crippen LogP contribution is 2.34. The standard InChI is InChI=1S/C16H33N/c1-5-6-14-8-10-15(11-9-14)16(17-4)12-7-13(2)3/h13-17H,5-12H2,1-4H3. The average Bonchev–Trinajstić information content (AvgIpc) is 2.32. The van der Waals surface area contributed by atoms with E-state index in [0.29, 0.717) is 0 Å². The van der Waals surface area contributed by atoms with Gasteiger partial charge in [0.25, 0.3) is 0 Å². The zero-order chi connectivity index (χ0) is 12.7. The molecule has 1 saturated carbocycles. The maximum absolute atomic E-state index is 3.57. The van der Waals surface area contributed by atoms with Crippen LogP contribution in [0.3, 0.4) is 0 Å². The van der Waals surface area contributed by atoms with Crippen LogP contribution in [0.1, 0.15) is 72.1 Å². The normalized spacial score (nSPS) is 27.4. The molecular formula is C16H33N. The van der Waals surface area contributed by atoms with Crippen molar-refractivity contribution in [2.45, 2.75) is 78.2 Å². The molecule has 1 unspecified atom stereocenters. The molecule has 0 heterocycles. The summed E-state index contributed by atoms with van der Waals surface area (Å²) in [5.74, 6) is 2.84. The Morgan fingerprint density at radius 3 is 2.18 bits per heavy atom. The van der Waals surface area contributed by atoms with Gasteiger partial charge in [0.15, 0.2) is 0 Å². The van der Waals surface area contributed by atoms with Crippen molar-refractivity contribution in [2.75, 3.05) is 7.05 Å². The Kier molecular flexibility index (Phi) is 7.18. The van der Waals surface area contributed by atoms with E-state index in [1.807, 2.05) is 0 Å². The van der Waals surface area contributed by atoms with E-state index in [0.717, 1.165) is 23.8 Å². The monoisotopic (exact) mass is 239 g/mol. The minimum Gasteiger partial charge on any atom is -0.317 e. The van der Waals surface area contributed by atoms with Crippen molar-refractivity contribution in [1.29, 1.82) is 0 Å². The van der Waals surface area contributed by atoms with Gasteiger partial charge in [-0.2, -0.15) is 0 Å². The Hall–Kier alpha value is -0.0400. The second kappa shape index (κ2) is 8.13. The Bertz CT molecular complexity index is 180. The number of hydrogen-bond acceptors (Lipinski definition) is 1. The van der Waals surface area contributed by atoms with E-state index in [-0.39, 0.29) is 0 Å². The summed E-state index contributed by atoms with van der Waals surface area (Å²) >= 11 is 0. The Labute approximate surface area is 109 Å². The fourth-order valence-electron chi connectivity index (χ4n) is 3.42. The first-order valence-corrected chi connectivity index (χ1v) is 7.84. The van der Waals surface area contributed by atoms with E-state index < -0.39 is 0 Å². The summed E-state index contributed by atoms with van der Waals surface area (Å²) < 4.78 is 0. The van der Waals surface area contributed by atoms with E-state index in [9.17, 15) is 0 Å². The Morgan fingerprint density at radius 1 is 1.06 bits per heavy atom. The summed E-state index contributed by atoms with van der Waals surface area (Å²) in [7, 11) is 2.16. The topological polar surface area (TPSA) is 12.0 Å². The van der Waals surface area contributed by atoms with Gasteiger partial charge in [-0.25, -0.2) is 0 Å². The lowest BCUT2D eigenvalue weighted by Crippen LogP contribution is -2.36. The van der Waals surface area contributed by atoms with Crippen LogP contribution in [0.4, 0.5) is 0 Å². The van der Waals surface area contributed by atoms with Gasteiger partial charge < -0.3 is 5.32 Å². The highest BCUT2D eigenvalue weighted by molar-refractivity contribution is 4.81. The summed E-state index contributed by atoms with van der Waals surface area (Å²) in [6.45, 7) is 7.00. The van der Waals surface area contributed by atoms with Crippen molar-refractivity contribution >= 4 is 0 Å². The molecule has 1 aliphatic rings. The van der Waals surface area contributed by atoms with Crippen LogP contribution in [0.15, 0.2) is 0 Å². The molecule has 1 atom stereocenters. The van der Waals surface area contributed by atoms with E-state index >= 15 is 0 Å². The number of hydrogen-bond donors (Lipinski definition) is 1. The van der Waals surface area contributed by atoms with E-state index in [1.54, 1.807) is 0 Å².